The minimum absolute atomic E-state index is 0.116. The zero-order valence-electron chi connectivity index (χ0n) is 12.8. The predicted molar refractivity (Wildman–Crippen MR) is 88.5 cm³/mol. The molecule has 0 radical (unpaired) electrons. The Morgan fingerprint density at radius 1 is 1.38 bits per heavy atom. The van der Waals surface area contributed by atoms with Gasteiger partial charge in [-0.05, 0) is 40.5 Å². The van der Waals surface area contributed by atoms with Gasteiger partial charge in [0.2, 0.25) is 0 Å². The first-order valence-electron chi connectivity index (χ1n) is 7.18. The fourth-order valence-corrected chi connectivity index (χ4v) is 3.01. The SMILES string of the molecule is CCNC(c1ccccc1C)c1c(Br)cnn1CCOC. The Morgan fingerprint density at radius 3 is 2.81 bits per heavy atom. The summed E-state index contributed by atoms with van der Waals surface area (Å²) in [6, 6.07) is 8.58. The molecule has 2 rings (SSSR count). The number of rotatable bonds is 7. The quantitative estimate of drug-likeness (QED) is 0.831. The van der Waals surface area contributed by atoms with Crippen molar-refractivity contribution in [2.75, 3.05) is 20.3 Å². The molecule has 0 saturated carbocycles. The maximum Gasteiger partial charge on any atom is 0.0762 e. The van der Waals surface area contributed by atoms with Gasteiger partial charge in [0.05, 0.1) is 35.6 Å². The Balaban J connectivity index is 2.43. The molecule has 4 nitrogen and oxygen atoms in total. The number of hydrogen-bond donors (Lipinski definition) is 1. The highest BCUT2D eigenvalue weighted by atomic mass is 79.9. The van der Waals surface area contributed by atoms with Gasteiger partial charge in [-0.3, -0.25) is 4.68 Å². The van der Waals surface area contributed by atoms with Crippen molar-refractivity contribution in [1.29, 1.82) is 0 Å². The van der Waals surface area contributed by atoms with Crippen LogP contribution in [-0.2, 0) is 11.3 Å². The van der Waals surface area contributed by atoms with E-state index >= 15 is 0 Å². The molecule has 0 aliphatic heterocycles. The first-order chi connectivity index (χ1) is 10.2. The van der Waals surface area contributed by atoms with Gasteiger partial charge < -0.3 is 10.1 Å². The smallest absolute Gasteiger partial charge is 0.0762 e. The van der Waals surface area contributed by atoms with Gasteiger partial charge in [0.15, 0.2) is 0 Å². The third-order valence-electron chi connectivity index (χ3n) is 3.52. The van der Waals surface area contributed by atoms with Gasteiger partial charge in [-0.15, -0.1) is 0 Å². The van der Waals surface area contributed by atoms with Gasteiger partial charge in [-0.25, -0.2) is 0 Å². The van der Waals surface area contributed by atoms with E-state index < -0.39 is 0 Å². The second kappa shape index (κ2) is 7.73. The number of hydrogen-bond acceptors (Lipinski definition) is 3. The van der Waals surface area contributed by atoms with Gasteiger partial charge in [0.1, 0.15) is 0 Å². The molecule has 1 unspecified atom stereocenters. The molecule has 1 aromatic heterocycles. The number of aryl methyl sites for hydroxylation is 1. The Bertz CT molecular complexity index is 583. The van der Waals surface area contributed by atoms with E-state index in [9.17, 15) is 0 Å². The predicted octanol–water partition coefficient (Wildman–Crippen LogP) is 3.30. The fraction of sp³-hybridized carbons (Fsp3) is 0.438. The van der Waals surface area contributed by atoms with Crippen LogP contribution in [0.15, 0.2) is 34.9 Å². The second-order valence-electron chi connectivity index (χ2n) is 4.94. The van der Waals surface area contributed by atoms with Crippen molar-refractivity contribution in [3.05, 3.63) is 51.8 Å². The fourth-order valence-electron chi connectivity index (χ4n) is 2.48. The molecule has 0 aliphatic rings. The van der Waals surface area contributed by atoms with Crippen molar-refractivity contribution in [3.63, 3.8) is 0 Å². The molecule has 2 aromatic rings. The van der Waals surface area contributed by atoms with Crippen molar-refractivity contribution in [2.24, 2.45) is 0 Å². The molecule has 1 heterocycles. The summed E-state index contributed by atoms with van der Waals surface area (Å²) in [7, 11) is 1.71. The van der Waals surface area contributed by atoms with Gasteiger partial charge in [0, 0.05) is 7.11 Å². The average molecular weight is 352 g/mol. The number of halogens is 1. The van der Waals surface area contributed by atoms with Gasteiger partial charge >= 0.3 is 0 Å². The number of nitrogens with zero attached hydrogens (tertiary/aromatic N) is 2. The molecule has 114 valence electrons. The molecule has 0 fully saturated rings. The molecule has 0 saturated heterocycles. The Hall–Kier alpha value is -1.17. The molecule has 1 atom stereocenters. The van der Waals surface area contributed by atoms with Crippen molar-refractivity contribution < 1.29 is 4.74 Å². The van der Waals surface area contributed by atoms with Crippen LogP contribution in [0.25, 0.3) is 0 Å². The van der Waals surface area contributed by atoms with Crippen molar-refractivity contribution in [1.82, 2.24) is 15.1 Å². The standard InChI is InChI=1S/C16H22BrN3O/c1-4-18-15(13-8-6-5-7-12(13)2)16-14(17)11-19-20(16)9-10-21-3/h5-8,11,15,18H,4,9-10H2,1-3H3. The molecular weight excluding hydrogens is 330 g/mol. The lowest BCUT2D eigenvalue weighted by Crippen LogP contribution is -2.26. The largest absolute Gasteiger partial charge is 0.383 e. The van der Waals surface area contributed by atoms with Crippen molar-refractivity contribution in [2.45, 2.75) is 26.4 Å². The highest BCUT2D eigenvalue weighted by Crippen LogP contribution is 2.30. The summed E-state index contributed by atoms with van der Waals surface area (Å²) < 4.78 is 8.21. The van der Waals surface area contributed by atoms with Gasteiger partial charge in [-0.1, -0.05) is 31.2 Å². The molecule has 5 heteroatoms. The van der Waals surface area contributed by atoms with Gasteiger partial charge in [-0.2, -0.15) is 5.10 Å². The number of methoxy groups -OCH3 is 1. The van der Waals surface area contributed by atoms with E-state index in [1.807, 2.05) is 10.9 Å². The summed E-state index contributed by atoms with van der Waals surface area (Å²) >= 11 is 3.64. The first kappa shape index (κ1) is 16.2. The molecule has 0 aliphatic carbocycles. The van der Waals surface area contributed by atoms with Crippen molar-refractivity contribution >= 4 is 15.9 Å². The lowest BCUT2D eigenvalue weighted by molar-refractivity contribution is 0.182. The molecule has 21 heavy (non-hydrogen) atoms. The van der Waals surface area contributed by atoms with Crippen LogP contribution in [0.1, 0.15) is 29.8 Å². The summed E-state index contributed by atoms with van der Waals surface area (Å²) in [4.78, 5) is 0. The minimum atomic E-state index is 0.116. The van der Waals surface area contributed by atoms with E-state index in [0.717, 1.165) is 23.3 Å². The summed E-state index contributed by atoms with van der Waals surface area (Å²) in [5.74, 6) is 0. The Kier molecular flexibility index (Phi) is 5.96. The molecule has 0 spiro atoms. The molecule has 0 bridgehead atoms. The third-order valence-corrected chi connectivity index (χ3v) is 4.13. The van der Waals surface area contributed by atoms with Crippen LogP contribution in [0.2, 0.25) is 0 Å². The Morgan fingerprint density at radius 2 is 2.14 bits per heavy atom. The normalized spacial score (nSPS) is 12.6. The number of aromatic nitrogens is 2. The number of ether oxygens (including phenoxy) is 1. The van der Waals surface area contributed by atoms with E-state index in [-0.39, 0.29) is 6.04 Å². The van der Waals surface area contributed by atoms with E-state index in [0.29, 0.717) is 6.61 Å². The number of nitrogens with one attached hydrogen (secondary N) is 1. The second-order valence-corrected chi connectivity index (χ2v) is 5.80. The number of benzene rings is 1. The van der Waals surface area contributed by atoms with Crippen LogP contribution in [-0.4, -0.2) is 30.0 Å². The summed E-state index contributed by atoms with van der Waals surface area (Å²) in [5.41, 5.74) is 3.69. The molecule has 0 amide bonds. The maximum absolute atomic E-state index is 5.18. The average Bonchev–Trinajstić information content (AvgIpc) is 2.84. The summed E-state index contributed by atoms with van der Waals surface area (Å²) in [6.45, 7) is 6.54. The van der Waals surface area contributed by atoms with Crippen LogP contribution in [0.4, 0.5) is 0 Å². The Labute approximate surface area is 134 Å². The zero-order chi connectivity index (χ0) is 15.2. The lowest BCUT2D eigenvalue weighted by Gasteiger charge is -2.22. The van der Waals surface area contributed by atoms with Crippen LogP contribution >= 0.6 is 15.9 Å². The molecule has 1 N–H and O–H groups in total. The van der Waals surface area contributed by atoms with Crippen molar-refractivity contribution in [3.8, 4) is 0 Å². The highest BCUT2D eigenvalue weighted by Gasteiger charge is 2.22. The monoisotopic (exact) mass is 351 g/mol. The minimum Gasteiger partial charge on any atom is -0.383 e. The lowest BCUT2D eigenvalue weighted by atomic mass is 9.98. The first-order valence-corrected chi connectivity index (χ1v) is 7.97. The van der Waals surface area contributed by atoms with Crippen LogP contribution in [0.3, 0.4) is 0 Å². The zero-order valence-corrected chi connectivity index (χ0v) is 14.4. The van der Waals surface area contributed by atoms with Gasteiger partial charge in [0.25, 0.3) is 0 Å². The highest BCUT2D eigenvalue weighted by molar-refractivity contribution is 9.10. The maximum atomic E-state index is 5.18. The summed E-state index contributed by atoms with van der Waals surface area (Å²) in [6.07, 6.45) is 1.85. The topological polar surface area (TPSA) is 39.1 Å². The van der Waals surface area contributed by atoms with E-state index in [1.54, 1.807) is 7.11 Å². The molecule has 1 aromatic carbocycles. The van der Waals surface area contributed by atoms with E-state index in [1.165, 1.54) is 11.1 Å². The van der Waals surface area contributed by atoms with E-state index in [4.69, 9.17) is 4.74 Å². The van der Waals surface area contributed by atoms with Crippen LogP contribution < -0.4 is 5.32 Å². The van der Waals surface area contributed by atoms with Crippen LogP contribution in [0, 0.1) is 6.92 Å². The third kappa shape index (κ3) is 3.73. The van der Waals surface area contributed by atoms with Crippen LogP contribution in [0.5, 0.6) is 0 Å². The molecular formula is C16H22BrN3O. The summed E-state index contributed by atoms with van der Waals surface area (Å²) in [5, 5.41) is 8.03. The van der Waals surface area contributed by atoms with E-state index in [2.05, 4.69) is 64.5 Å².